The minimum atomic E-state index is -1.75. The van der Waals surface area contributed by atoms with Gasteiger partial charge in [-0.15, -0.1) is 0 Å². The number of para-hydroxylation sites is 1. The van der Waals surface area contributed by atoms with E-state index in [1.165, 1.54) is 4.57 Å². The van der Waals surface area contributed by atoms with Gasteiger partial charge in [0, 0.05) is 29.6 Å². The zero-order chi connectivity index (χ0) is 20.9. The number of ether oxygens (including phenoxy) is 2. The number of anilines is 1. The Hall–Kier alpha value is -3.55. The number of benzene rings is 1. The predicted molar refractivity (Wildman–Crippen MR) is 105 cm³/mol. The predicted octanol–water partition coefficient (Wildman–Crippen LogP) is 1.54. The lowest BCUT2D eigenvalue weighted by Crippen LogP contribution is -2.50. The van der Waals surface area contributed by atoms with Crippen molar-refractivity contribution in [2.24, 2.45) is 5.73 Å². The van der Waals surface area contributed by atoms with Gasteiger partial charge in [0.25, 0.3) is 5.56 Å². The summed E-state index contributed by atoms with van der Waals surface area (Å²) in [4.78, 5) is 39.9. The lowest BCUT2D eigenvalue weighted by atomic mass is 9.68. The molecule has 1 atom stereocenters. The maximum Gasteiger partial charge on any atom is 0.341 e. The fourth-order valence-corrected chi connectivity index (χ4v) is 4.25. The van der Waals surface area contributed by atoms with Gasteiger partial charge in [-0.3, -0.25) is 9.59 Å². The smallest absolute Gasteiger partial charge is 0.341 e. The molecule has 2 aliphatic heterocycles. The molecular weight excluding hydrogens is 374 g/mol. The first-order valence-electron chi connectivity index (χ1n) is 9.38. The van der Waals surface area contributed by atoms with E-state index in [9.17, 15) is 14.4 Å². The molecule has 4 rings (SSSR count). The van der Waals surface area contributed by atoms with Crippen LogP contribution in [0.2, 0.25) is 0 Å². The molecule has 0 saturated carbocycles. The number of carbonyl (C=O) groups excluding carboxylic acids is 2. The summed E-state index contributed by atoms with van der Waals surface area (Å²) < 4.78 is 12.4. The van der Waals surface area contributed by atoms with Gasteiger partial charge in [-0.05, 0) is 26.8 Å². The van der Waals surface area contributed by atoms with Crippen molar-refractivity contribution in [1.29, 1.82) is 0 Å². The van der Waals surface area contributed by atoms with E-state index in [1.54, 1.807) is 44.2 Å². The molecule has 1 aromatic carbocycles. The van der Waals surface area contributed by atoms with Crippen LogP contribution < -0.4 is 21.3 Å². The summed E-state index contributed by atoms with van der Waals surface area (Å²) in [5.74, 6) is -1.44. The van der Waals surface area contributed by atoms with Crippen LogP contribution >= 0.6 is 0 Å². The van der Waals surface area contributed by atoms with Crippen LogP contribution in [0.25, 0.3) is 0 Å². The number of hydrogen-bond donors (Lipinski definition) is 2. The average molecular weight is 395 g/mol. The quantitative estimate of drug-likeness (QED) is 0.763. The number of esters is 1. The molecule has 150 valence electrons. The van der Waals surface area contributed by atoms with Gasteiger partial charge in [-0.2, -0.15) is 0 Å². The summed E-state index contributed by atoms with van der Waals surface area (Å²) in [6, 6.07) is 8.56. The molecule has 3 heterocycles. The molecule has 1 aromatic heterocycles. The van der Waals surface area contributed by atoms with E-state index < -0.39 is 22.9 Å². The van der Waals surface area contributed by atoms with E-state index in [0.29, 0.717) is 23.5 Å². The third-order valence-electron chi connectivity index (χ3n) is 5.40. The molecule has 0 bridgehead atoms. The van der Waals surface area contributed by atoms with Crippen molar-refractivity contribution in [3.63, 3.8) is 0 Å². The second-order valence-electron chi connectivity index (χ2n) is 6.89. The highest BCUT2D eigenvalue weighted by Gasteiger charge is 2.60. The highest BCUT2D eigenvalue weighted by Crippen LogP contribution is 2.52. The molecule has 29 heavy (non-hydrogen) atoms. The standard InChI is InChI=1S/C21H21N3O5/c1-4-24-11(3)10-14-15(18(24)25)21(16(17(22)29-14)19(26)28-5-2)12-8-6-7-9-13(12)23-20(21)27/h6-10H,4-5,22H2,1-3H3,(H,23,27)/t21-/m0/s1. The normalized spacial score (nSPS) is 19.5. The summed E-state index contributed by atoms with van der Waals surface area (Å²) in [6.45, 7) is 5.72. The molecule has 1 spiro atoms. The van der Waals surface area contributed by atoms with E-state index in [2.05, 4.69) is 5.32 Å². The highest BCUT2D eigenvalue weighted by atomic mass is 16.5. The average Bonchev–Trinajstić information content (AvgIpc) is 2.94. The molecule has 2 aromatic rings. The number of amides is 1. The topological polar surface area (TPSA) is 113 Å². The SMILES string of the molecule is CCOC(=O)C1=C(N)Oc2cc(C)n(CC)c(=O)c2[C@]12C(=O)Nc1ccccc12. The molecule has 0 radical (unpaired) electrons. The Bertz CT molecular complexity index is 1150. The summed E-state index contributed by atoms with van der Waals surface area (Å²) >= 11 is 0. The van der Waals surface area contributed by atoms with Gasteiger partial charge in [-0.1, -0.05) is 18.2 Å². The van der Waals surface area contributed by atoms with Gasteiger partial charge >= 0.3 is 5.97 Å². The molecule has 8 heteroatoms. The van der Waals surface area contributed by atoms with E-state index in [4.69, 9.17) is 15.2 Å². The second kappa shape index (κ2) is 6.51. The van der Waals surface area contributed by atoms with E-state index >= 15 is 0 Å². The van der Waals surface area contributed by atoms with E-state index in [-0.39, 0.29) is 29.4 Å². The van der Waals surface area contributed by atoms with Gasteiger partial charge in [0.1, 0.15) is 16.7 Å². The number of nitrogens with two attached hydrogens (primary N) is 1. The number of carbonyl (C=O) groups is 2. The van der Waals surface area contributed by atoms with Crippen molar-refractivity contribution < 1.29 is 19.1 Å². The Morgan fingerprint density at radius 2 is 2.00 bits per heavy atom. The fourth-order valence-electron chi connectivity index (χ4n) is 4.25. The first kappa shape index (κ1) is 18.8. The third kappa shape index (κ3) is 2.35. The van der Waals surface area contributed by atoms with Crippen LogP contribution in [0.4, 0.5) is 5.69 Å². The number of pyridine rings is 1. The van der Waals surface area contributed by atoms with Crippen LogP contribution in [0.5, 0.6) is 5.75 Å². The van der Waals surface area contributed by atoms with Crippen molar-refractivity contribution in [3.05, 3.63) is 69.0 Å². The van der Waals surface area contributed by atoms with Crippen molar-refractivity contribution >= 4 is 17.6 Å². The lowest BCUT2D eigenvalue weighted by Gasteiger charge is -2.35. The Kier molecular flexibility index (Phi) is 4.22. The number of aryl methyl sites for hydroxylation is 1. The van der Waals surface area contributed by atoms with E-state index in [0.717, 1.165) is 0 Å². The Morgan fingerprint density at radius 1 is 1.28 bits per heavy atom. The first-order chi connectivity index (χ1) is 13.9. The number of nitrogens with one attached hydrogen (secondary N) is 1. The zero-order valence-corrected chi connectivity index (χ0v) is 16.4. The van der Waals surface area contributed by atoms with Gasteiger partial charge < -0.3 is 25.1 Å². The first-order valence-corrected chi connectivity index (χ1v) is 9.38. The van der Waals surface area contributed by atoms with Crippen LogP contribution in [0, 0.1) is 6.92 Å². The molecule has 0 saturated heterocycles. The van der Waals surface area contributed by atoms with Crippen LogP contribution in [-0.4, -0.2) is 23.1 Å². The van der Waals surface area contributed by atoms with Gasteiger partial charge in [0.2, 0.25) is 11.8 Å². The minimum absolute atomic E-state index is 0.0599. The molecule has 3 N–H and O–H groups in total. The van der Waals surface area contributed by atoms with Gasteiger partial charge in [-0.25, -0.2) is 4.79 Å². The van der Waals surface area contributed by atoms with Crippen molar-refractivity contribution in [2.45, 2.75) is 32.7 Å². The Morgan fingerprint density at radius 3 is 2.69 bits per heavy atom. The number of aromatic nitrogens is 1. The van der Waals surface area contributed by atoms with E-state index in [1.807, 2.05) is 6.92 Å². The number of hydrogen-bond acceptors (Lipinski definition) is 6. The number of rotatable bonds is 3. The maximum absolute atomic E-state index is 13.5. The molecular formula is C21H21N3O5. The Balaban J connectivity index is 2.18. The fraction of sp³-hybridized carbons (Fsp3) is 0.286. The van der Waals surface area contributed by atoms with Crippen LogP contribution in [-0.2, 0) is 26.3 Å². The molecule has 0 fully saturated rings. The molecule has 0 unspecified atom stereocenters. The van der Waals surface area contributed by atoms with Gasteiger partial charge in [0.15, 0.2) is 0 Å². The van der Waals surface area contributed by atoms with Crippen molar-refractivity contribution in [2.75, 3.05) is 11.9 Å². The maximum atomic E-state index is 13.5. The zero-order valence-electron chi connectivity index (χ0n) is 16.4. The van der Waals surface area contributed by atoms with Crippen LogP contribution in [0.15, 0.2) is 46.6 Å². The molecule has 1 amide bonds. The van der Waals surface area contributed by atoms with Gasteiger partial charge in [0.05, 0.1) is 12.2 Å². The largest absolute Gasteiger partial charge is 0.462 e. The minimum Gasteiger partial charge on any atom is -0.462 e. The third-order valence-corrected chi connectivity index (χ3v) is 5.40. The summed E-state index contributed by atoms with van der Waals surface area (Å²) in [5.41, 5.74) is 5.48. The van der Waals surface area contributed by atoms with Crippen molar-refractivity contribution in [3.8, 4) is 5.75 Å². The summed E-state index contributed by atoms with van der Waals surface area (Å²) in [5, 5.41) is 2.79. The monoisotopic (exact) mass is 395 g/mol. The lowest BCUT2D eigenvalue weighted by molar-refractivity contribution is -0.140. The number of nitrogens with zero attached hydrogens (tertiary/aromatic N) is 1. The summed E-state index contributed by atoms with van der Waals surface area (Å²) in [6.07, 6.45) is 0. The van der Waals surface area contributed by atoms with Crippen molar-refractivity contribution in [1.82, 2.24) is 4.57 Å². The second-order valence-corrected chi connectivity index (χ2v) is 6.89. The summed E-state index contributed by atoms with van der Waals surface area (Å²) in [7, 11) is 0. The molecule has 2 aliphatic rings. The highest BCUT2D eigenvalue weighted by molar-refractivity contribution is 6.17. The van der Waals surface area contributed by atoms with Crippen LogP contribution in [0.1, 0.15) is 30.7 Å². The Labute approximate surface area is 166 Å². The molecule has 8 nitrogen and oxygen atoms in total. The van der Waals surface area contributed by atoms with Crippen LogP contribution in [0.3, 0.4) is 0 Å². The molecule has 0 aliphatic carbocycles. The number of fused-ring (bicyclic) bond motifs is 4.